The first-order valence-electron chi connectivity index (χ1n) is 10.0. The molecule has 0 saturated carbocycles. The summed E-state index contributed by atoms with van der Waals surface area (Å²) in [6, 6.07) is 14.8. The molecular formula is C23H22N4O4S. The largest absolute Gasteiger partial charge is 0.497 e. The van der Waals surface area contributed by atoms with E-state index in [2.05, 4.69) is 26.7 Å². The Morgan fingerprint density at radius 3 is 2.72 bits per heavy atom. The van der Waals surface area contributed by atoms with E-state index in [1.807, 2.05) is 25.1 Å². The molecule has 2 aromatic carbocycles. The molecule has 164 valence electrons. The van der Waals surface area contributed by atoms with Gasteiger partial charge >= 0.3 is 0 Å². The number of fused-ring (bicyclic) bond motifs is 1. The van der Waals surface area contributed by atoms with Gasteiger partial charge in [0, 0.05) is 17.9 Å². The van der Waals surface area contributed by atoms with Crippen molar-refractivity contribution in [2.45, 2.75) is 30.2 Å². The number of aromatic nitrogens is 2. The van der Waals surface area contributed by atoms with Crippen molar-refractivity contribution in [2.75, 3.05) is 17.7 Å². The highest BCUT2D eigenvalue weighted by atomic mass is 32.2. The van der Waals surface area contributed by atoms with Gasteiger partial charge in [0.15, 0.2) is 5.16 Å². The van der Waals surface area contributed by atoms with E-state index in [1.54, 1.807) is 31.4 Å². The van der Waals surface area contributed by atoms with Gasteiger partial charge in [-0.2, -0.15) is 0 Å². The standard InChI is InChI=1S/C23H22N4O4S/c1-13-4-3-5-14(10-13)12-32-23-26-20-19(22(30)27-23)17(11-18(28)25-20)21(29)24-15-6-8-16(31-2)9-7-15/h3-10,17H,11-12H2,1-2H3,(H,24,29)(H2,25,26,27,28,30)/t17-/m1/s1. The average Bonchev–Trinajstić information content (AvgIpc) is 2.77. The minimum atomic E-state index is -0.937. The topological polar surface area (TPSA) is 113 Å². The monoisotopic (exact) mass is 450 g/mol. The fourth-order valence-corrected chi connectivity index (χ4v) is 4.30. The molecule has 3 N–H and O–H groups in total. The molecule has 1 aromatic heterocycles. The van der Waals surface area contributed by atoms with E-state index in [9.17, 15) is 14.4 Å². The lowest BCUT2D eigenvalue weighted by Crippen LogP contribution is -2.36. The van der Waals surface area contributed by atoms with Gasteiger partial charge in [-0.15, -0.1) is 0 Å². The Labute approximate surface area is 188 Å². The zero-order valence-electron chi connectivity index (χ0n) is 17.6. The molecule has 0 bridgehead atoms. The molecule has 3 aromatic rings. The molecule has 1 aliphatic rings. The van der Waals surface area contributed by atoms with Crippen LogP contribution in [-0.4, -0.2) is 28.9 Å². The fraction of sp³-hybridized carbons (Fsp3) is 0.217. The van der Waals surface area contributed by atoms with Gasteiger partial charge in [-0.05, 0) is 36.8 Å². The Hall–Kier alpha value is -3.59. The number of methoxy groups -OCH3 is 1. The van der Waals surface area contributed by atoms with Crippen molar-refractivity contribution in [3.8, 4) is 5.75 Å². The van der Waals surface area contributed by atoms with Gasteiger partial charge in [0.25, 0.3) is 5.56 Å². The molecule has 0 saturated heterocycles. The number of nitrogens with one attached hydrogen (secondary N) is 3. The highest BCUT2D eigenvalue weighted by Crippen LogP contribution is 2.31. The van der Waals surface area contributed by atoms with Crippen LogP contribution in [0.5, 0.6) is 5.75 Å². The van der Waals surface area contributed by atoms with E-state index >= 15 is 0 Å². The summed E-state index contributed by atoms with van der Waals surface area (Å²) in [5, 5.41) is 5.77. The Morgan fingerprint density at radius 2 is 2.00 bits per heavy atom. The number of anilines is 2. The maximum Gasteiger partial charge on any atom is 0.257 e. The zero-order chi connectivity index (χ0) is 22.7. The van der Waals surface area contributed by atoms with E-state index in [1.165, 1.54) is 11.8 Å². The normalized spacial score (nSPS) is 14.9. The van der Waals surface area contributed by atoms with Crippen molar-refractivity contribution >= 4 is 35.1 Å². The van der Waals surface area contributed by atoms with Crippen molar-refractivity contribution < 1.29 is 14.3 Å². The first kappa shape index (κ1) is 21.6. The van der Waals surface area contributed by atoms with Gasteiger partial charge in [0.1, 0.15) is 11.6 Å². The number of thioether (sulfide) groups is 1. The van der Waals surface area contributed by atoms with Crippen LogP contribution in [0, 0.1) is 6.92 Å². The number of hydrogen-bond acceptors (Lipinski definition) is 6. The molecular weight excluding hydrogens is 428 g/mol. The number of benzene rings is 2. The minimum Gasteiger partial charge on any atom is -0.497 e. The number of H-pyrrole nitrogens is 1. The molecule has 0 aliphatic carbocycles. The number of nitrogens with zero attached hydrogens (tertiary/aromatic N) is 1. The molecule has 0 spiro atoms. The molecule has 32 heavy (non-hydrogen) atoms. The number of amides is 2. The van der Waals surface area contributed by atoms with Crippen LogP contribution in [0.4, 0.5) is 11.5 Å². The summed E-state index contributed by atoms with van der Waals surface area (Å²) in [7, 11) is 1.55. The maximum absolute atomic E-state index is 12.9. The summed E-state index contributed by atoms with van der Waals surface area (Å²) in [5.41, 5.74) is 2.51. The van der Waals surface area contributed by atoms with Gasteiger partial charge in [0.05, 0.1) is 18.6 Å². The summed E-state index contributed by atoms with van der Waals surface area (Å²) in [6.45, 7) is 2.01. The lowest BCUT2D eigenvalue weighted by molar-refractivity contribution is -0.123. The highest BCUT2D eigenvalue weighted by molar-refractivity contribution is 7.98. The Morgan fingerprint density at radius 1 is 1.22 bits per heavy atom. The minimum absolute atomic E-state index is 0.129. The molecule has 0 radical (unpaired) electrons. The van der Waals surface area contributed by atoms with Crippen LogP contribution in [0.25, 0.3) is 0 Å². The van der Waals surface area contributed by atoms with Crippen LogP contribution in [0.3, 0.4) is 0 Å². The predicted molar refractivity (Wildman–Crippen MR) is 123 cm³/mol. The van der Waals surface area contributed by atoms with Crippen LogP contribution in [-0.2, 0) is 15.3 Å². The van der Waals surface area contributed by atoms with Crippen LogP contribution in [0.15, 0.2) is 58.5 Å². The van der Waals surface area contributed by atoms with Gasteiger partial charge in [0.2, 0.25) is 11.8 Å². The summed E-state index contributed by atoms with van der Waals surface area (Å²) >= 11 is 1.36. The second-order valence-corrected chi connectivity index (χ2v) is 8.40. The van der Waals surface area contributed by atoms with Crippen molar-refractivity contribution in [2.24, 2.45) is 0 Å². The first-order chi connectivity index (χ1) is 15.4. The molecule has 1 atom stereocenters. The summed E-state index contributed by atoms with van der Waals surface area (Å²) in [6.07, 6.45) is -0.129. The van der Waals surface area contributed by atoms with Gasteiger partial charge < -0.3 is 20.4 Å². The lowest BCUT2D eigenvalue weighted by atomic mass is 9.92. The van der Waals surface area contributed by atoms with Crippen molar-refractivity contribution in [3.05, 3.63) is 75.6 Å². The number of aromatic amines is 1. The second kappa shape index (κ2) is 9.27. The van der Waals surface area contributed by atoms with Crippen LogP contribution in [0.1, 0.15) is 29.0 Å². The number of ether oxygens (including phenoxy) is 1. The zero-order valence-corrected chi connectivity index (χ0v) is 18.4. The average molecular weight is 451 g/mol. The summed E-state index contributed by atoms with van der Waals surface area (Å²) in [4.78, 5) is 45.2. The van der Waals surface area contributed by atoms with E-state index in [-0.39, 0.29) is 23.7 Å². The second-order valence-electron chi connectivity index (χ2n) is 7.43. The Balaban J connectivity index is 1.55. The smallest absolute Gasteiger partial charge is 0.257 e. The Bertz CT molecular complexity index is 1220. The number of aryl methyl sites for hydroxylation is 1. The quantitative estimate of drug-likeness (QED) is 0.392. The molecule has 1 aliphatic heterocycles. The number of hydrogen-bond donors (Lipinski definition) is 3. The molecule has 4 rings (SSSR count). The van der Waals surface area contributed by atoms with Gasteiger partial charge in [-0.25, -0.2) is 4.98 Å². The van der Waals surface area contributed by atoms with Gasteiger partial charge in [-0.1, -0.05) is 41.6 Å². The van der Waals surface area contributed by atoms with Crippen molar-refractivity contribution in [3.63, 3.8) is 0 Å². The maximum atomic E-state index is 12.9. The van der Waals surface area contributed by atoms with E-state index in [4.69, 9.17) is 4.74 Å². The Kier molecular flexibility index (Phi) is 6.27. The molecule has 2 amide bonds. The lowest BCUT2D eigenvalue weighted by Gasteiger charge is -2.23. The SMILES string of the molecule is COc1ccc(NC(=O)[C@@H]2CC(=O)Nc3nc(SCc4cccc(C)c4)[nH]c(=O)c32)cc1. The van der Waals surface area contributed by atoms with Crippen LogP contribution < -0.4 is 20.9 Å². The third-order valence-electron chi connectivity index (χ3n) is 5.06. The summed E-state index contributed by atoms with van der Waals surface area (Å²) < 4.78 is 5.11. The van der Waals surface area contributed by atoms with Crippen LogP contribution in [0.2, 0.25) is 0 Å². The number of rotatable bonds is 6. The van der Waals surface area contributed by atoms with E-state index < -0.39 is 17.4 Å². The third-order valence-corrected chi connectivity index (χ3v) is 6.01. The van der Waals surface area contributed by atoms with E-state index in [0.29, 0.717) is 22.3 Å². The molecule has 9 heteroatoms. The van der Waals surface area contributed by atoms with Crippen LogP contribution >= 0.6 is 11.8 Å². The fourth-order valence-electron chi connectivity index (χ4n) is 3.50. The molecule has 2 heterocycles. The molecule has 0 fully saturated rings. The van der Waals surface area contributed by atoms with Gasteiger partial charge in [-0.3, -0.25) is 14.4 Å². The van der Waals surface area contributed by atoms with Crippen molar-refractivity contribution in [1.82, 2.24) is 9.97 Å². The highest BCUT2D eigenvalue weighted by Gasteiger charge is 2.34. The molecule has 8 nitrogen and oxygen atoms in total. The predicted octanol–water partition coefficient (Wildman–Crippen LogP) is 3.44. The van der Waals surface area contributed by atoms with E-state index in [0.717, 1.165) is 11.1 Å². The number of carbonyl (C=O) groups is 2. The third kappa shape index (κ3) is 4.83. The first-order valence-corrected chi connectivity index (χ1v) is 11.0. The summed E-state index contributed by atoms with van der Waals surface area (Å²) in [5.74, 6) is -0.348. The van der Waals surface area contributed by atoms with Crippen molar-refractivity contribution in [1.29, 1.82) is 0 Å². The molecule has 0 unspecified atom stereocenters. The number of carbonyl (C=O) groups excluding carboxylic acids is 2.